The average molecular weight is 321 g/mol. The highest BCUT2D eigenvalue weighted by Crippen LogP contribution is 2.24. The van der Waals surface area contributed by atoms with E-state index in [1.807, 2.05) is 6.07 Å². The summed E-state index contributed by atoms with van der Waals surface area (Å²) in [4.78, 5) is 12.0. The van der Waals surface area contributed by atoms with Crippen molar-refractivity contribution < 1.29 is 4.79 Å². The molecule has 104 valence electrons. The second-order valence-corrected chi connectivity index (χ2v) is 6.27. The van der Waals surface area contributed by atoms with E-state index in [1.54, 1.807) is 12.1 Å². The molecule has 0 aromatic heterocycles. The SMILES string of the molecule is O=C(Cc1ccc(Cl)c(Cl)c1)NC1CCCCC1Cl. The smallest absolute Gasteiger partial charge is 0.224 e. The van der Waals surface area contributed by atoms with E-state index in [0.717, 1.165) is 31.2 Å². The molecule has 1 fully saturated rings. The molecule has 0 aliphatic heterocycles. The molecule has 2 rings (SSSR count). The summed E-state index contributed by atoms with van der Waals surface area (Å²) in [6.07, 6.45) is 4.51. The Morgan fingerprint density at radius 2 is 1.95 bits per heavy atom. The zero-order valence-electron chi connectivity index (χ0n) is 10.5. The Labute approximate surface area is 128 Å². The molecule has 0 bridgehead atoms. The van der Waals surface area contributed by atoms with E-state index in [-0.39, 0.29) is 17.3 Å². The number of carbonyl (C=O) groups is 1. The molecule has 2 nitrogen and oxygen atoms in total. The monoisotopic (exact) mass is 319 g/mol. The Balaban J connectivity index is 1.91. The first-order chi connectivity index (χ1) is 9.06. The molecule has 1 saturated carbocycles. The van der Waals surface area contributed by atoms with Gasteiger partial charge in [0.15, 0.2) is 0 Å². The van der Waals surface area contributed by atoms with Crippen molar-refractivity contribution in [3.63, 3.8) is 0 Å². The maximum Gasteiger partial charge on any atom is 0.224 e. The molecule has 1 N–H and O–H groups in total. The van der Waals surface area contributed by atoms with E-state index in [2.05, 4.69) is 5.32 Å². The molecule has 5 heteroatoms. The van der Waals surface area contributed by atoms with Gasteiger partial charge in [-0.3, -0.25) is 4.79 Å². The molecule has 2 unspecified atom stereocenters. The van der Waals surface area contributed by atoms with Gasteiger partial charge in [0, 0.05) is 6.04 Å². The molecule has 0 heterocycles. The molecule has 0 saturated heterocycles. The number of carbonyl (C=O) groups excluding carboxylic acids is 1. The number of benzene rings is 1. The van der Waals surface area contributed by atoms with Gasteiger partial charge in [-0.25, -0.2) is 0 Å². The normalized spacial score (nSPS) is 23.1. The molecule has 2 atom stereocenters. The predicted octanol–water partition coefficient (Wildman–Crippen LogP) is 4.20. The fourth-order valence-corrected chi connectivity index (χ4v) is 3.00. The van der Waals surface area contributed by atoms with Crippen molar-refractivity contribution in [2.75, 3.05) is 0 Å². The van der Waals surface area contributed by atoms with Gasteiger partial charge < -0.3 is 5.32 Å². The molecular formula is C14H16Cl3NO. The highest BCUT2D eigenvalue weighted by atomic mass is 35.5. The third-order valence-electron chi connectivity index (χ3n) is 3.38. The third kappa shape index (κ3) is 4.27. The lowest BCUT2D eigenvalue weighted by molar-refractivity contribution is -0.121. The largest absolute Gasteiger partial charge is 0.352 e. The molecule has 0 spiro atoms. The number of rotatable bonds is 3. The van der Waals surface area contributed by atoms with Gasteiger partial charge in [0.1, 0.15) is 0 Å². The van der Waals surface area contributed by atoms with Gasteiger partial charge in [0.25, 0.3) is 0 Å². The summed E-state index contributed by atoms with van der Waals surface area (Å²) < 4.78 is 0. The van der Waals surface area contributed by atoms with Gasteiger partial charge in [0.2, 0.25) is 5.91 Å². The average Bonchev–Trinajstić information content (AvgIpc) is 2.37. The van der Waals surface area contributed by atoms with Crippen molar-refractivity contribution in [3.8, 4) is 0 Å². The molecule has 1 aromatic rings. The van der Waals surface area contributed by atoms with Crippen LogP contribution in [0, 0.1) is 0 Å². The van der Waals surface area contributed by atoms with Crippen LogP contribution in [0.25, 0.3) is 0 Å². The van der Waals surface area contributed by atoms with Gasteiger partial charge in [-0.1, -0.05) is 42.1 Å². The Morgan fingerprint density at radius 3 is 2.63 bits per heavy atom. The van der Waals surface area contributed by atoms with E-state index < -0.39 is 0 Å². The minimum Gasteiger partial charge on any atom is -0.352 e. The lowest BCUT2D eigenvalue weighted by Crippen LogP contribution is -2.43. The first-order valence-electron chi connectivity index (χ1n) is 6.43. The van der Waals surface area contributed by atoms with Crippen LogP contribution in [0.15, 0.2) is 18.2 Å². The van der Waals surface area contributed by atoms with E-state index >= 15 is 0 Å². The van der Waals surface area contributed by atoms with Crippen molar-refractivity contribution in [1.82, 2.24) is 5.32 Å². The highest BCUT2D eigenvalue weighted by molar-refractivity contribution is 6.42. The van der Waals surface area contributed by atoms with Crippen LogP contribution in [-0.4, -0.2) is 17.3 Å². The number of halogens is 3. The highest BCUT2D eigenvalue weighted by Gasteiger charge is 2.24. The molecule has 0 radical (unpaired) electrons. The van der Waals surface area contributed by atoms with Crippen molar-refractivity contribution in [1.29, 1.82) is 0 Å². The van der Waals surface area contributed by atoms with Crippen LogP contribution in [0.4, 0.5) is 0 Å². The van der Waals surface area contributed by atoms with Crippen LogP contribution in [-0.2, 0) is 11.2 Å². The van der Waals surface area contributed by atoms with Gasteiger partial charge in [-0.05, 0) is 30.5 Å². The van der Waals surface area contributed by atoms with Crippen molar-refractivity contribution >= 4 is 40.7 Å². The zero-order chi connectivity index (χ0) is 13.8. The van der Waals surface area contributed by atoms with Crippen molar-refractivity contribution in [2.45, 2.75) is 43.5 Å². The number of nitrogens with one attached hydrogen (secondary N) is 1. The van der Waals surface area contributed by atoms with Crippen LogP contribution in [0.2, 0.25) is 10.0 Å². The molecule has 1 aliphatic carbocycles. The second kappa shape index (κ2) is 6.83. The van der Waals surface area contributed by atoms with E-state index in [9.17, 15) is 4.79 Å². The molecule has 19 heavy (non-hydrogen) atoms. The summed E-state index contributed by atoms with van der Waals surface area (Å²) >= 11 is 18.0. The van der Waals surface area contributed by atoms with Crippen LogP contribution >= 0.6 is 34.8 Å². The Morgan fingerprint density at radius 1 is 1.21 bits per heavy atom. The van der Waals surface area contributed by atoms with E-state index in [0.29, 0.717) is 16.5 Å². The number of alkyl halides is 1. The number of amides is 1. The lowest BCUT2D eigenvalue weighted by Gasteiger charge is -2.27. The lowest BCUT2D eigenvalue weighted by atomic mass is 9.94. The van der Waals surface area contributed by atoms with Gasteiger partial charge in [-0.15, -0.1) is 11.6 Å². The summed E-state index contributed by atoms with van der Waals surface area (Å²) in [7, 11) is 0. The van der Waals surface area contributed by atoms with Crippen LogP contribution in [0.3, 0.4) is 0 Å². The summed E-state index contributed by atoms with van der Waals surface area (Å²) in [6, 6.07) is 5.33. The second-order valence-electron chi connectivity index (χ2n) is 4.90. The predicted molar refractivity (Wildman–Crippen MR) is 80.2 cm³/mol. The first-order valence-corrected chi connectivity index (χ1v) is 7.63. The van der Waals surface area contributed by atoms with Crippen molar-refractivity contribution in [3.05, 3.63) is 33.8 Å². The minimum atomic E-state index is -0.0176. The Hall–Kier alpha value is -0.440. The van der Waals surface area contributed by atoms with Gasteiger partial charge in [-0.2, -0.15) is 0 Å². The Bertz CT molecular complexity index is 464. The van der Waals surface area contributed by atoms with E-state index in [1.165, 1.54) is 0 Å². The number of hydrogen-bond acceptors (Lipinski definition) is 1. The summed E-state index contributed by atoms with van der Waals surface area (Å²) in [6.45, 7) is 0. The minimum absolute atomic E-state index is 0.0176. The van der Waals surface area contributed by atoms with Crippen LogP contribution < -0.4 is 5.32 Å². The summed E-state index contributed by atoms with van der Waals surface area (Å²) in [5.74, 6) is -0.0176. The van der Waals surface area contributed by atoms with Gasteiger partial charge in [0.05, 0.1) is 21.8 Å². The third-order valence-corrected chi connectivity index (χ3v) is 4.64. The topological polar surface area (TPSA) is 29.1 Å². The first kappa shape index (κ1) is 15.0. The maximum absolute atomic E-state index is 12.0. The van der Waals surface area contributed by atoms with Gasteiger partial charge >= 0.3 is 0 Å². The molecule has 1 aliphatic rings. The Kier molecular flexibility index (Phi) is 5.37. The standard InChI is InChI=1S/C14H16Cl3NO/c15-10-6-5-9(7-12(10)17)8-14(19)18-13-4-2-1-3-11(13)16/h5-7,11,13H,1-4,8H2,(H,18,19). The van der Waals surface area contributed by atoms with Crippen LogP contribution in [0.1, 0.15) is 31.2 Å². The van der Waals surface area contributed by atoms with Crippen molar-refractivity contribution in [2.24, 2.45) is 0 Å². The molecular weight excluding hydrogens is 305 g/mol. The molecule has 1 amide bonds. The van der Waals surface area contributed by atoms with E-state index in [4.69, 9.17) is 34.8 Å². The molecule has 1 aromatic carbocycles. The maximum atomic E-state index is 12.0. The van der Waals surface area contributed by atoms with Crippen LogP contribution in [0.5, 0.6) is 0 Å². The quantitative estimate of drug-likeness (QED) is 0.831. The number of hydrogen-bond donors (Lipinski definition) is 1. The zero-order valence-corrected chi connectivity index (χ0v) is 12.7. The summed E-state index contributed by atoms with van der Waals surface area (Å²) in [5.41, 5.74) is 0.855. The fourth-order valence-electron chi connectivity index (χ4n) is 2.34. The fraction of sp³-hybridized carbons (Fsp3) is 0.500. The summed E-state index contributed by atoms with van der Waals surface area (Å²) in [5, 5.41) is 4.02.